The minimum absolute atomic E-state index is 0.0896. The summed E-state index contributed by atoms with van der Waals surface area (Å²) in [5, 5.41) is 3.39. The lowest BCUT2D eigenvalue weighted by molar-refractivity contribution is -0.138. The van der Waals surface area contributed by atoms with Crippen LogP contribution in [0.1, 0.15) is 24.0 Å². The maximum Gasteiger partial charge on any atom is 0.417 e. The monoisotopic (exact) mass is 350 g/mol. The molecule has 1 aliphatic rings. The zero-order valence-corrected chi connectivity index (χ0v) is 12.9. The van der Waals surface area contributed by atoms with Crippen molar-refractivity contribution in [2.24, 2.45) is 0 Å². The highest BCUT2D eigenvalue weighted by molar-refractivity contribution is 9.10. The van der Waals surface area contributed by atoms with E-state index >= 15 is 0 Å². The minimum Gasteiger partial charge on any atom is -0.313 e. The Hall–Kier alpha value is -0.590. The van der Waals surface area contributed by atoms with E-state index in [1.165, 1.54) is 25.0 Å². The summed E-state index contributed by atoms with van der Waals surface area (Å²) in [7, 11) is 1.92. The first-order valence-corrected chi connectivity index (χ1v) is 7.43. The SMILES string of the molecule is CN(CCNC1CC1)Cc1ccc(Br)c(C(F)(F)F)c1. The van der Waals surface area contributed by atoms with Crippen molar-refractivity contribution in [3.05, 3.63) is 33.8 Å². The van der Waals surface area contributed by atoms with E-state index in [0.29, 0.717) is 18.2 Å². The van der Waals surface area contributed by atoms with Crippen LogP contribution in [0.5, 0.6) is 0 Å². The molecular formula is C14H18BrF3N2. The summed E-state index contributed by atoms with van der Waals surface area (Å²) in [6.07, 6.45) is -1.84. The van der Waals surface area contributed by atoms with Gasteiger partial charge in [0.1, 0.15) is 0 Å². The first-order chi connectivity index (χ1) is 9.36. The van der Waals surface area contributed by atoms with Crippen LogP contribution in [-0.4, -0.2) is 31.1 Å². The molecule has 2 rings (SSSR count). The minimum atomic E-state index is -4.32. The average Bonchev–Trinajstić information content (AvgIpc) is 3.14. The van der Waals surface area contributed by atoms with Gasteiger partial charge in [-0.1, -0.05) is 22.0 Å². The van der Waals surface area contributed by atoms with E-state index in [9.17, 15) is 13.2 Å². The summed E-state index contributed by atoms with van der Waals surface area (Å²) in [4.78, 5) is 2.03. The second-order valence-electron chi connectivity index (χ2n) is 5.28. The van der Waals surface area contributed by atoms with Gasteiger partial charge in [0, 0.05) is 30.1 Å². The molecule has 2 nitrogen and oxygen atoms in total. The second kappa shape index (κ2) is 6.45. The number of halogens is 4. The Morgan fingerprint density at radius 3 is 2.65 bits per heavy atom. The van der Waals surface area contributed by atoms with Gasteiger partial charge in [-0.25, -0.2) is 0 Å². The van der Waals surface area contributed by atoms with Crippen molar-refractivity contribution in [2.45, 2.75) is 31.6 Å². The van der Waals surface area contributed by atoms with Gasteiger partial charge >= 0.3 is 6.18 Å². The number of alkyl halides is 3. The van der Waals surface area contributed by atoms with Crippen LogP contribution in [0.3, 0.4) is 0 Å². The van der Waals surface area contributed by atoms with Crippen molar-refractivity contribution >= 4 is 15.9 Å². The van der Waals surface area contributed by atoms with Crippen molar-refractivity contribution in [3.63, 3.8) is 0 Å². The summed E-state index contributed by atoms with van der Waals surface area (Å²) in [6.45, 7) is 2.22. The Kier molecular flexibility index (Phi) is 5.09. The molecule has 0 unspecified atom stereocenters. The number of rotatable bonds is 6. The molecule has 0 saturated heterocycles. The molecular weight excluding hydrogens is 333 g/mol. The Morgan fingerprint density at radius 2 is 2.05 bits per heavy atom. The van der Waals surface area contributed by atoms with Crippen LogP contribution in [0, 0.1) is 0 Å². The van der Waals surface area contributed by atoms with E-state index in [-0.39, 0.29) is 4.47 Å². The fraction of sp³-hybridized carbons (Fsp3) is 0.571. The van der Waals surface area contributed by atoms with E-state index in [4.69, 9.17) is 0 Å². The van der Waals surface area contributed by atoms with Crippen LogP contribution in [0.15, 0.2) is 22.7 Å². The fourth-order valence-electron chi connectivity index (χ4n) is 2.03. The Bertz CT molecular complexity index is 458. The number of benzene rings is 1. The van der Waals surface area contributed by atoms with Gasteiger partial charge in [-0.3, -0.25) is 0 Å². The maximum atomic E-state index is 12.8. The van der Waals surface area contributed by atoms with Crippen LogP contribution in [0.25, 0.3) is 0 Å². The first kappa shape index (κ1) is 15.8. The van der Waals surface area contributed by atoms with Crippen LogP contribution in [0.4, 0.5) is 13.2 Å². The normalized spacial score (nSPS) is 15.9. The lowest BCUT2D eigenvalue weighted by atomic mass is 10.1. The van der Waals surface area contributed by atoms with E-state index in [2.05, 4.69) is 21.2 Å². The van der Waals surface area contributed by atoms with Crippen LogP contribution in [-0.2, 0) is 12.7 Å². The van der Waals surface area contributed by atoms with Gasteiger partial charge in [-0.05, 0) is 37.6 Å². The molecule has 1 saturated carbocycles. The fourth-order valence-corrected chi connectivity index (χ4v) is 2.50. The first-order valence-electron chi connectivity index (χ1n) is 6.64. The van der Waals surface area contributed by atoms with Crippen molar-refractivity contribution in [1.82, 2.24) is 10.2 Å². The highest BCUT2D eigenvalue weighted by Crippen LogP contribution is 2.35. The second-order valence-corrected chi connectivity index (χ2v) is 6.13. The molecule has 1 aromatic carbocycles. The standard InChI is InChI=1S/C14H18BrF3N2/c1-20(7-6-19-11-3-4-11)9-10-2-5-13(15)12(8-10)14(16,17)18/h2,5,8,11,19H,3-4,6-7,9H2,1H3. The zero-order chi connectivity index (χ0) is 14.8. The van der Waals surface area contributed by atoms with Crippen molar-refractivity contribution in [1.29, 1.82) is 0 Å². The predicted molar refractivity (Wildman–Crippen MR) is 76.5 cm³/mol. The number of likely N-dealkylation sites (N-methyl/N-ethyl adjacent to an activating group) is 1. The summed E-state index contributed by atoms with van der Waals surface area (Å²) in [5.74, 6) is 0. The largest absolute Gasteiger partial charge is 0.417 e. The molecule has 20 heavy (non-hydrogen) atoms. The number of hydrogen-bond acceptors (Lipinski definition) is 2. The topological polar surface area (TPSA) is 15.3 Å². The molecule has 0 spiro atoms. The summed E-state index contributed by atoms with van der Waals surface area (Å²) < 4.78 is 38.5. The van der Waals surface area contributed by atoms with Gasteiger partial charge in [0.05, 0.1) is 5.56 Å². The Morgan fingerprint density at radius 1 is 1.35 bits per heavy atom. The van der Waals surface area contributed by atoms with Crippen LogP contribution < -0.4 is 5.32 Å². The molecule has 0 aliphatic heterocycles. The summed E-state index contributed by atoms with van der Waals surface area (Å²) >= 11 is 2.95. The number of nitrogens with one attached hydrogen (secondary N) is 1. The van der Waals surface area contributed by atoms with E-state index in [1.54, 1.807) is 6.07 Å². The molecule has 0 radical (unpaired) electrons. The Labute approximate surface area is 125 Å². The molecule has 1 N–H and O–H groups in total. The van der Waals surface area contributed by atoms with Crippen molar-refractivity contribution in [3.8, 4) is 0 Å². The van der Waals surface area contributed by atoms with Gasteiger partial charge in [-0.15, -0.1) is 0 Å². The molecule has 1 aromatic rings. The van der Waals surface area contributed by atoms with Gasteiger partial charge < -0.3 is 10.2 Å². The molecule has 0 bridgehead atoms. The summed E-state index contributed by atoms with van der Waals surface area (Å²) in [6, 6.07) is 5.07. The van der Waals surface area contributed by atoms with Crippen molar-refractivity contribution in [2.75, 3.05) is 20.1 Å². The zero-order valence-electron chi connectivity index (χ0n) is 11.3. The number of nitrogens with zero attached hydrogens (tertiary/aromatic N) is 1. The highest BCUT2D eigenvalue weighted by Gasteiger charge is 2.33. The third-order valence-corrected chi connectivity index (χ3v) is 3.98. The lowest BCUT2D eigenvalue weighted by Gasteiger charge is -2.18. The number of hydrogen-bond donors (Lipinski definition) is 1. The molecule has 0 amide bonds. The average molecular weight is 351 g/mol. The smallest absolute Gasteiger partial charge is 0.313 e. The summed E-state index contributed by atoms with van der Waals surface area (Å²) in [5.41, 5.74) is 0.0638. The maximum absolute atomic E-state index is 12.8. The van der Waals surface area contributed by atoms with Crippen LogP contribution in [0.2, 0.25) is 0 Å². The molecule has 112 valence electrons. The third-order valence-electron chi connectivity index (χ3n) is 3.29. The third kappa shape index (κ3) is 4.75. The van der Waals surface area contributed by atoms with Gasteiger partial charge in [0.15, 0.2) is 0 Å². The lowest BCUT2D eigenvalue weighted by Crippen LogP contribution is -2.30. The molecule has 6 heteroatoms. The van der Waals surface area contributed by atoms with E-state index in [0.717, 1.165) is 13.1 Å². The van der Waals surface area contributed by atoms with E-state index < -0.39 is 11.7 Å². The van der Waals surface area contributed by atoms with E-state index in [1.807, 2.05) is 11.9 Å². The molecule has 0 heterocycles. The van der Waals surface area contributed by atoms with Gasteiger partial charge in [0.25, 0.3) is 0 Å². The van der Waals surface area contributed by atoms with Crippen LogP contribution >= 0.6 is 15.9 Å². The van der Waals surface area contributed by atoms with Gasteiger partial charge in [0.2, 0.25) is 0 Å². The van der Waals surface area contributed by atoms with Crippen molar-refractivity contribution < 1.29 is 13.2 Å². The molecule has 0 aromatic heterocycles. The van der Waals surface area contributed by atoms with Gasteiger partial charge in [-0.2, -0.15) is 13.2 Å². The highest BCUT2D eigenvalue weighted by atomic mass is 79.9. The quantitative estimate of drug-likeness (QED) is 0.842. The molecule has 1 aliphatic carbocycles. The Balaban J connectivity index is 1.90. The molecule has 1 fully saturated rings. The predicted octanol–water partition coefficient (Wildman–Crippen LogP) is 3.65. The molecule has 0 atom stereocenters.